The molecule has 0 N–H and O–H groups in total. The van der Waals surface area contributed by atoms with Crippen LogP contribution in [0.5, 0.6) is 0 Å². The van der Waals surface area contributed by atoms with Gasteiger partial charge in [0.1, 0.15) is 5.82 Å². The summed E-state index contributed by atoms with van der Waals surface area (Å²) < 4.78 is 2.17. The Balaban J connectivity index is 1.73. The van der Waals surface area contributed by atoms with E-state index in [9.17, 15) is 0 Å². The zero-order valence-corrected chi connectivity index (χ0v) is 13.7. The van der Waals surface area contributed by atoms with Gasteiger partial charge in [-0.15, -0.1) is 10.2 Å². The molecule has 0 unspecified atom stereocenters. The molecule has 0 aliphatic carbocycles. The van der Waals surface area contributed by atoms with Gasteiger partial charge in [0.25, 0.3) is 0 Å². The summed E-state index contributed by atoms with van der Waals surface area (Å²) in [6.07, 6.45) is 0. The van der Waals surface area contributed by atoms with Crippen molar-refractivity contribution >= 4 is 11.8 Å². The Hall–Kier alpha value is -2.07. The van der Waals surface area contributed by atoms with Crippen molar-refractivity contribution in [3.05, 3.63) is 77.1 Å². The molecule has 0 atom stereocenters. The lowest BCUT2D eigenvalue weighted by molar-refractivity contribution is 0.688. The van der Waals surface area contributed by atoms with E-state index in [-0.39, 0.29) is 0 Å². The quantitative estimate of drug-likeness (QED) is 0.661. The van der Waals surface area contributed by atoms with Gasteiger partial charge in [0.05, 0.1) is 6.54 Å². The molecule has 0 spiro atoms. The number of aryl methyl sites for hydroxylation is 2. The van der Waals surface area contributed by atoms with E-state index in [4.69, 9.17) is 0 Å². The summed E-state index contributed by atoms with van der Waals surface area (Å²) in [7, 11) is 0. The fourth-order valence-electron chi connectivity index (χ4n) is 2.25. The predicted octanol–water partition coefficient (Wildman–Crippen LogP) is 4.24. The molecule has 3 aromatic rings. The summed E-state index contributed by atoms with van der Waals surface area (Å²) in [5.74, 6) is 1.86. The molecule has 3 nitrogen and oxygen atoms in total. The van der Waals surface area contributed by atoms with Crippen molar-refractivity contribution in [1.82, 2.24) is 14.8 Å². The topological polar surface area (TPSA) is 30.7 Å². The van der Waals surface area contributed by atoms with Crippen LogP contribution in [0.3, 0.4) is 0 Å². The van der Waals surface area contributed by atoms with Gasteiger partial charge in [-0.2, -0.15) is 0 Å². The number of benzene rings is 2. The summed E-state index contributed by atoms with van der Waals surface area (Å²) in [6.45, 7) is 4.93. The van der Waals surface area contributed by atoms with Crippen LogP contribution in [0.2, 0.25) is 0 Å². The maximum atomic E-state index is 4.32. The normalized spacial score (nSPS) is 10.8. The Morgan fingerprint density at radius 2 is 1.59 bits per heavy atom. The Kier molecular flexibility index (Phi) is 4.59. The van der Waals surface area contributed by atoms with Crippen molar-refractivity contribution < 1.29 is 0 Å². The number of hydrogen-bond acceptors (Lipinski definition) is 3. The zero-order chi connectivity index (χ0) is 15.4. The van der Waals surface area contributed by atoms with E-state index in [2.05, 4.69) is 70.2 Å². The van der Waals surface area contributed by atoms with Crippen LogP contribution < -0.4 is 0 Å². The van der Waals surface area contributed by atoms with Gasteiger partial charge in [-0.25, -0.2) is 0 Å². The van der Waals surface area contributed by atoms with Gasteiger partial charge in [-0.1, -0.05) is 71.9 Å². The third-order valence-corrected chi connectivity index (χ3v) is 4.61. The van der Waals surface area contributed by atoms with Crippen LogP contribution >= 0.6 is 11.8 Å². The molecule has 0 saturated carbocycles. The fraction of sp³-hybridized carbons (Fsp3) is 0.222. The van der Waals surface area contributed by atoms with Crippen LogP contribution in [-0.4, -0.2) is 14.8 Å². The highest BCUT2D eigenvalue weighted by molar-refractivity contribution is 7.98. The van der Waals surface area contributed by atoms with Gasteiger partial charge in [0.2, 0.25) is 0 Å². The minimum atomic E-state index is 0.815. The highest BCUT2D eigenvalue weighted by atomic mass is 32.2. The maximum Gasteiger partial charge on any atom is 0.191 e. The first kappa shape index (κ1) is 14.9. The van der Waals surface area contributed by atoms with Crippen LogP contribution in [-0.2, 0) is 12.3 Å². The molecule has 4 heteroatoms. The fourth-order valence-corrected chi connectivity index (χ4v) is 3.19. The summed E-state index contributed by atoms with van der Waals surface area (Å²) in [6, 6.07) is 19.1. The van der Waals surface area contributed by atoms with E-state index in [1.54, 1.807) is 11.8 Å². The van der Waals surface area contributed by atoms with Crippen molar-refractivity contribution in [3.8, 4) is 0 Å². The average Bonchev–Trinajstić information content (AvgIpc) is 2.88. The standard InChI is InChI=1S/C18H19N3S/c1-14-8-10-17(11-9-14)13-22-18-20-19-15(2)21(18)12-16-6-4-3-5-7-16/h3-11H,12-13H2,1-2H3. The first-order valence-electron chi connectivity index (χ1n) is 7.34. The molecule has 112 valence electrons. The second kappa shape index (κ2) is 6.79. The molecule has 1 heterocycles. The van der Waals surface area contributed by atoms with E-state index >= 15 is 0 Å². The Morgan fingerprint density at radius 1 is 0.864 bits per heavy atom. The minimum Gasteiger partial charge on any atom is -0.302 e. The van der Waals surface area contributed by atoms with Crippen molar-refractivity contribution in [2.45, 2.75) is 31.3 Å². The third kappa shape index (κ3) is 3.57. The van der Waals surface area contributed by atoms with Crippen LogP contribution in [0, 0.1) is 13.8 Å². The Morgan fingerprint density at radius 3 is 2.32 bits per heavy atom. The zero-order valence-electron chi connectivity index (χ0n) is 12.9. The third-order valence-electron chi connectivity index (χ3n) is 3.57. The molecular formula is C18H19N3S. The van der Waals surface area contributed by atoms with E-state index in [0.29, 0.717) is 0 Å². The predicted molar refractivity (Wildman–Crippen MR) is 91.0 cm³/mol. The van der Waals surface area contributed by atoms with Crippen molar-refractivity contribution in [1.29, 1.82) is 0 Å². The summed E-state index contributed by atoms with van der Waals surface area (Å²) >= 11 is 1.74. The van der Waals surface area contributed by atoms with Crippen LogP contribution in [0.15, 0.2) is 59.8 Å². The molecule has 0 radical (unpaired) electrons. The van der Waals surface area contributed by atoms with Gasteiger partial charge in [0.15, 0.2) is 5.16 Å². The van der Waals surface area contributed by atoms with E-state index < -0.39 is 0 Å². The van der Waals surface area contributed by atoms with Crippen LogP contribution in [0.4, 0.5) is 0 Å². The van der Waals surface area contributed by atoms with Crippen molar-refractivity contribution in [2.24, 2.45) is 0 Å². The number of nitrogens with zero attached hydrogens (tertiary/aromatic N) is 3. The Labute approximate surface area is 135 Å². The molecule has 0 amide bonds. The molecule has 0 aliphatic rings. The second-order valence-corrected chi connectivity index (χ2v) is 6.32. The van der Waals surface area contributed by atoms with E-state index in [1.807, 2.05) is 13.0 Å². The Bertz CT molecular complexity index is 733. The highest BCUT2D eigenvalue weighted by Gasteiger charge is 2.10. The lowest BCUT2D eigenvalue weighted by atomic mass is 10.2. The van der Waals surface area contributed by atoms with Gasteiger partial charge in [-0.3, -0.25) is 0 Å². The van der Waals surface area contributed by atoms with Crippen molar-refractivity contribution in [3.63, 3.8) is 0 Å². The van der Waals surface area contributed by atoms with Crippen molar-refractivity contribution in [2.75, 3.05) is 0 Å². The monoisotopic (exact) mass is 309 g/mol. The lowest BCUT2D eigenvalue weighted by Gasteiger charge is -2.08. The first-order chi connectivity index (χ1) is 10.7. The maximum absolute atomic E-state index is 4.32. The average molecular weight is 309 g/mol. The largest absolute Gasteiger partial charge is 0.302 e. The summed E-state index contributed by atoms with van der Waals surface area (Å²) in [4.78, 5) is 0. The second-order valence-electron chi connectivity index (χ2n) is 5.38. The molecular weight excluding hydrogens is 290 g/mol. The van der Waals surface area contributed by atoms with E-state index in [1.165, 1.54) is 16.7 Å². The molecule has 0 aliphatic heterocycles. The molecule has 22 heavy (non-hydrogen) atoms. The molecule has 3 rings (SSSR count). The molecule has 0 bridgehead atoms. The molecule has 2 aromatic carbocycles. The molecule has 0 saturated heterocycles. The van der Waals surface area contributed by atoms with Crippen LogP contribution in [0.25, 0.3) is 0 Å². The lowest BCUT2D eigenvalue weighted by Crippen LogP contribution is -2.03. The van der Waals surface area contributed by atoms with Gasteiger partial charge in [0, 0.05) is 5.75 Å². The number of rotatable bonds is 5. The van der Waals surface area contributed by atoms with Gasteiger partial charge >= 0.3 is 0 Å². The SMILES string of the molecule is Cc1ccc(CSc2nnc(C)n2Cc2ccccc2)cc1. The summed E-state index contributed by atoms with van der Waals surface area (Å²) in [5.41, 5.74) is 3.86. The van der Waals surface area contributed by atoms with Crippen LogP contribution in [0.1, 0.15) is 22.5 Å². The summed E-state index contributed by atoms with van der Waals surface area (Å²) in [5, 5.41) is 9.53. The van der Waals surface area contributed by atoms with Gasteiger partial charge in [-0.05, 0) is 25.0 Å². The number of thioether (sulfide) groups is 1. The highest BCUT2D eigenvalue weighted by Crippen LogP contribution is 2.23. The number of hydrogen-bond donors (Lipinski definition) is 0. The first-order valence-corrected chi connectivity index (χ1v) is 8.33. The van der Waals surface area contributed by atoms with Gasteiger partial charge < -0.3 is 4.57 Å². The number of aromatic nitrogens is 3. The molecule has 1 aromatic heterocycles. The molecule has 0 fully saturated rings. The minimum absolute atomic E-state index is 0.815. The van der Waals surface area contributed by atoms with E-state index in [0.717, 1.165) is 23.3 Å². The smallest absolute Gasteiger partial charge is 0.191 e.